The van der Waals surface area contributed by atoms with Gasteiger partial charge in [-0.25, -0.2) is 0 Å². The van der Waals surface area contributed by atoms with Crippen molar-refractivity contribution in [3.8, 4) is 0 Å². The quantitative estimate of drug-likeness (QED) is 0.735. The maximum atomic E-state index is 4.32. The number of aryl methyl sites for hydroxylation is 1. The van der Waals surface area contributed by atoms with Crippen molar-refractivity contribution < 1.29 is 0 Å². The third-order valence-electron chi connectivity index (χ3n) is 5.85. The van der Waals surface area contributed by atoms with E-state index in [-0.39, 0.29) is 0 Å². The topological polar surface area (TPSA) is 27.8 Å². The summed E-state index contributed by atoms with van der Waals surface area (Å²) in [4.78, 5) is 3.37. The van der Waals surface area contributed by atoms with Gasteiger partial charge in [-0.15, -0.1) is 0 Å². The van der Waals surface area contributed by atoms with E-state index >= 15 is 0 Å². The van der Waals surface area contributed by atoms with E-state index < -0.39 is 0 Å². The second kappa shape index (κ2) is 5.19. The van der Waals surface area contributed by atoms with E-state index in [0.29, 0.717) is 11.3 Å². The molecule has 2 saturated carbocycles. The van der Waals surface area contributed by atoms with Crippen molar-refractivity contribution in [1.29, 1.82) is 0 Å². The van der Waals surface area contributed by atoms with E-state index in [1.807, 2.05) is 0 Å². The molecule has 0 atom stereocenters. The van der Waals surface area contributed by atoms with Gasteiger partial charge in [0.1, 0.15) is 0 Å². The minimum atomic E-state index is 0.670. The molecule has 0 saturated heterocycles. The molecule has 2 N–H and O–H groups in total. The van der Waals surface area contributed by atoms with Crippen LogP contribution < -0.4 is 5.32 Å². The maximum Gasteiger partial charge on any atom is 0.0639 e. The number of hydrogen-bond acceptors (Lipinski definition) is 1. The second-order valence-electron chi connectivity index (χ2n) is 7.44. The van der Waals surface area contributed by atoms with Crippen LogP contribution >= 0.6 is 0 Å². The Balaban J connectivity index is 1.49. The molecule has 2 fully saturated rings. The fraction of sp³-hybridized carbons (Fsp3) is 0.500. The van der Waals surface area contributed by atoms with Gasteiger partial charge in [-0.1, -0.05) is 32.4 Å². The van der Waals surface area contributed by atoms with Crippen molar-refractivity contribution >= 4 is 16.6 Å². The van der Waals surface area contributed by atoms with Crippen LogP contribution in [0, 0.1) is 11.3 Å². The summed E-state index contributed by atoms with van der Waals surface area (Å²) in [7, 11) is 0. The molecule has 0 amide bonds. The number of fused-ring (bicyclic) bond motifs is 1. The highest BCUT2D eigenvalue weighted by atomic mass is 14.9. The van der Waals surface area contributed by atoms with Crippen LogP contribution in [-0.4, -0.2) is 4.98 Å². The van der Waals surface area contributed by atoms with E-state index in [0.717, 1.165) is 6.42 Å². The Labute approximate surface area is 133 Å². The Morgan fingerprint density at radius 3 is 2.86 bits per heavy atom. The highest BCUT2D eigenvalue weighted by molar-refractivity contribution is 5.93. The van der Waals surface area contributed by atoms with Crippen LogP contribution in [-0.2, 0) is 6.42 Å². The van der Waals surface area contributed by atoms with Gasteiger partial charge in [0.05, 0.1) is 5.69 Å². The van der Waals surface area contributed by atoms with Crippen molar-refractivity contribution in [2.24, 2.45) is 11.3 Å². The lowest BCUT2D eigenvalue weighted by Crippen LogP contribution is -2.44. The zero-order chi connectivity index (χ0) is 15.2. The molecule has 22 heavy (non-hydrogen) atoms. The molecule has 2 nitrogen and oxygen atoms in total. The van der Waals surface area contributed by atoms with Crippen molar-refractivity contribution in [3.63, 3.8) is 0 Å². The van der Waals surface area contributed by atoms with Crippen LogP contribution in [0.3, 0.4) is 0 Å². The summed E-state index contributed by atoms with van der Waals surface area (Å²) in [5.74, 6) is 0.670. The van der Waals surface area contributed by atoms with Crippen molar-refractivity contribution in [2.45, 2.75) is 51.9 Å². The molecule has 0 aliphatic heterocycles. The van der Waals surface area contributed by atoms with Crippen molar-refractivity contribution in [1.82, 2.24) is 4.98 Å². The van der Waals surface area contributed by atoms with Gasteiger partial charge in [0, 0.05) is 22.8 Å². The Morgan fingerprint density at radius 1 is 1.36 bits per heavy atom. The molecular weight excluding hydrogens is 268 g/mol. The first-order chi connectivity index (χ1) is 10.7. The van der Waals surface area contributed by atoms with Gasteiger partial charge in [-0.2, -0.15) is 0 Å². The first-order valence-corrected chi connectivity index (χ1v) is 8.75. The van der Waals surface area contributed by atoms with E-state index in [1.165, 1.54) is 66.4 Å². The Hall–Kier alpha value is -1.70. The highest BCUT2D eigenvalue weighted by Gasteiger charge is 2.48. The molecule has 2 aliphatic carbocycles. The number of aromatic nitrogens is 1. The van der Waals surface area contributed by atoms with E-state index in [2.05, 4.69) is 48.2 Å². The average Bonchev–Trinajstić information content (AvgIpc) is 2.79. The van der Waals surface area contributed by atoms with Crippen LogP contribution in [0.4, 0.5) is 5.69 Å². The van der Waals surface area contributed by atoms with Crippen LogP contribution in [0.5, 0.6) is 0 Å². The van der Waals surface area contributed by atoms with Gasteiger partial charge in [0.15, 0.2) is 0 Å². The molecule has 1 heterocycles. The van der Waals surface area contributed by atoms with Gasteiger partial charge >= 0.3 is 0 Å². The molecule has 2 heteroatoms. The number of anilines is 1. The van der Waals surface area contributed by atoms with Crippen molar-refractivity contribution in [3.05, 3.63) is 42.2 Å². The first-order valence-electron chi connectivity index (χ1n) is 8.75. The summed E-state index contributed by atoms with van der Waals surface area (Å²) in [6, 6.07) is 6.74. The summed E-state index contributed by atoms with van der Waals surface area (Å²) in [5.41, 5.74) is 5.73. The molecule has 2 aliphatic rings. The molecule has 4 rings (SSSR count). The minimum absolute atomic E-state index is 0.670. The van der Waals surface area contributed by atoms with Crippen LogP contribution in [0.15, 0.2) is 36.7 Å². The first kappa shape index (κ1) is 13.9. The number of hydrogen-bond donors (Lipinski definition) is 2. The predicted octanol–water partition coefficient (Wildman–Crippen LogP) is 5.63. The largest absolute Gasteiger partial charge is 0.359 e. The number of nitrogens with one attached hydrogen (secondary N) is 2. The fourth-order valence-electron chi connectivity index (χ4n) is 4.31. The summed E-state index contributed by atoms with van der Waals surface area (Å²) < 4.78 is 0. The van der Waals surface area contributed by atoms with E-state index in [1.54, 1.807) is 0 Å². The third-order valence-corrected chi connectivity index (χ3v) is 5.85. The average molecular weight is 294 g/mol. The maximum absolute atomic E-state index is 4.32. The molecule has 0 unspecified atom stereocenters. The normalized spacial score (nSPS) is 19.9. The summed E-state index contributed by atoms with van der Waals surface area (Å²) in [6.45, 7) is 6.55. The number of aromatic amines is 1. The van der Waals surface area contributed by atoms with Gasteiger partial charge in [-0.3, -0.25) is 0 Å². The Morgan fingerprint density at radius 2 is 2.18 bits per heavy atom. The second-order valence-corrected chi connectivity index (χ2v) is 7.44. The predicted molar refractivity (Wildman–Crippen MR) is 94.1 cm³/mol. The smallest absolute Gasteiger partial charge is 0.0639 e. The molecule has 2 aromatic rings. The summed E-state index contributed by atoms with van der Waals surface area (Å²) >= 11 is 0. The zero-order valence-electron chi connectivity index (χ0n) is 13.5. The Kier molecular flexibility index (Phi) is 3.28. The molecular formula is C20H26N2. The number of allylic oxidation sites excluding steroid dienone is 1. The Bertz CT molecular complexity index is 698. The van der Waals surface area contributed by atoms with E-state index in [9.17, 15) is 0 Å². The molecule has 0 radical (unpaired) electrons. The molecule has 1 spiro atoms. The molecule has 116 valence electrons. The molecule has 0 bridgehead atoms. The van der Waals surface area contributed by atoms with E-state index in [4.69, 9.17) is 0 Å². The lowest BCUT2D eigenvalue weighted by molar-refractivity contribution is -0.00813. The van der Waals surface area contributed by atoms with Gasteiger partial charge in [0.25, 0.3) is 0 Å². The standard InChI is InChI=1S/C20H26N2/c1-3-5-15-6-7-18-17(10-15)19(13-21-18)22-14(2)16-11-20(12-16)8-4-9-20/h6-7,10,13,16,21-22H,2-5,8-9,11-12H2,1H3. The number of rotatable bonds is 5. The third kappa shape index (κ3) is 2.25. The molecule has 1 aromatic heterocycles. The fourth-order valence-corrected chi connectivity index (χ4v) is 4.31. The van der Waals surface area contributed by atoms with Gasteiger partial charge in [0.2, 0.25) is 0 Å². The monoisotopic (exact) mass is 294 g/mol. The summed E-state index contributed by atoms with van der Waals surface area (Å²) in [6.07, 6.45) is 11.5. The lowest BCUT2D eigenvalue weighted by Gasteiger charge is -2.54. The number of benzene rings is 1. The van der Waals surface area contributed by atoms with Crippen LogP contribution in [0.1, 0.15) is 51.0 Å². The van der Waals surface area contributed by atoms with Crippen molar-refractivity contribution in [2.75, 3.05) is 5.32 Å². The van der Waals surface area contributed by atoms with Gasteiger partial charge in [-0.05, 0) is 61.1 Å². The lowest BCUT2D eigenvalue weighted by atomic mass is 9.51. The molecule has 1 aromatic carbocycles. The van der Waals surface area contributed by atoms with Crippen LogP contribution in [0.2, 0.25) is 0 Å². The zero-order valence-corrected chi connectivity index (χ0v) is 13.5. The van der Waals surface area contributed by atoms with Crippen LogP contribution in [0.25, 0.3) is 10.9 Å². The number of H-pyrrole nitrogens is 1. The summed E-state index contributed by atoms with van der Waals surface area (Å²) in [5, 5.41) is 4.89. The SMILES string of the molecule is C=C(Nc1c[nH]c2ccc(CCC)cc12)C1CC2(CCC2)C1. The highest BCUT2D eigenvalue weighted by Crippen LogP contribution is 2.60. The minimum Gasteiger partial charge on any atom is -0.359 e. The van der Waals surface area contributed by atoms with Gasteiger partial charge < -0.3 is 10.3 Å².